The van der Waals surface area contributed by atoms with Gasteiger partial charge in [0.05, 0.1) is 11.7 Å². The topological polar surface area (TPSA) is 33.2 Å². The smallest absolute Gasteiger partial charge is 0.137 e. The van der Waals surface area contributed by atoms with Crippen LogP contribution < -0.4 is 0 Å². The molecule has 3 heteroatoms. The molecule has 0 bridgehead atoms. The van der Waals surface area contributed by atoms with Crippen LogP contribution in [0.5, 0.6) is 0 Å². The molecule has 2 heterocycles. The van der Waals surface area contributed by atoms with Gasteiger partial charge in [-0.25, -0.2) is 0 Å². The van der Waals surface area contributed by atoms with E-state index in [1.54, 1.807) is 0 Å². The highest BCUT2D eigenvalue weighted by molar-refractivity contribution is 5.57. The first-order valence-corrected chi connectivity index (χ1v) is 5.91. The van der Waals surface area contributed by atoms with Gasteiger partial charge in [-0.2, -0.15) is 0 Å². The van der Waals surface area contributed by atoms with Crippen LogP contribution in [0.3, 0.4) is 0 Å². The number of carbonyl (C=O) groups excluding carboxylic acids is 1. The molecule has 0 amide bonds. The van der Waals surface area contributed by atoms with Gasteiger partial charge < -0.3 is 4.79 Å². The van der Waals surface area contributed by atoms with Gasteiger partial charge in [-0.1, -0.05) is 12.5 Å². The van der Waals surface area contributed by atoms with Crippen molar-refractivity contribution in [1.29, 1.82) is 0 Å². The van der Waals surface area contributed by atoms with E-state index in [-0.39, 0.29) is 6.04 Å². The van der Waals surface area contributed by atoms with Crippen molar-refractivity contribution >= 4 is 6.29 Å². The molecule has 0 N–H and O–H groups in total. The van der Waals surface area contributed by atoms with Crippen molar-refractivity contribution in [2.75, 3.05) is 6.54 Å². The first-order chi connectivity index (χ1) is 7.81. The summed E-state index contributed by atoms with van der Waals surface area (Å²) in [6.07, 6.45) is 6.26. The van der Waals surface area contributed by atoms with Gasteiger partial charge in [0.2, 0.25) is 0 Å². The van der Waals surface area contributed by atoms with Crippen LogP contribution in [0.4, 0.5) is 0 Å². The highest BCUT2D eigenvalue weighted by Crippen LogP contribution is 2.18. The Bertz CT molecular complexity index is 365. The number of nitrogens with zero attached hydrogens (tertiary/aromatic N) is 2. The Balaban J connectivity index is 2.08. The van der Waals surface area contributed by atoms with E-state index in [1.807, 2.05) is 12.3 Å². The first kappa shape index (κ1) is 11.3. The second-order valence-electron chi connectivity index (χ2n) is 4.44. The fourth-order valence-electron chi connectivity index (χ4n) is 2.24. The Labute approximate surface area is 96.5 Å². The lowest BCUT2D eigenvalue weighted by molar-refractivity contribution is -0.113. The van der Waals surface area contributed by atoms with Crippen molar-refractivity contribution in [2.24, 2.45) is 0 Å². The lowest BCUT2D eigenvalue weighted by Gasteiger charge is -2.32. The van der Waals surface area contributed by atoms with Crippen LogP contribution in [0, 0.1) is 6.92 Å². The molecule has 0 aliphatic carbocycles. The fourth-order valence-corrected chi connectivity index (χ4v) is 2.24. The van der Waals surface area contributed by atoms with E-state index < -0.39 is 0 Å². The van der Waals surface area contributed by atoms with Gasteiger partial charge in [0.15, 0.2) is 0 Å². The van der Waals surface area contributed by atoms with Crippen molar-refractivity contribution in [2.45, 2.75) is 38.8 Å². The third-order valence-corrected chi connectivity index (χ3v) is 3.29. The molecule has 16 heavy (non-hydrogen) atoms. The van der Waals surface area contributed by atoms with Crippen LogP contribution in [0.2, 0.25) is 0 Å². The molecule has 1 aliphatic rings. The number of hydrogen-bond donors (Lipinski definition) is 0. The van der Waals surface area contributed by atoms with E-state index in [0.717, 1.165) is 31.5 Å². The van der Waals surface area contributed by atoms with Crippen LogP contribution in [-0.4, -0.2) is 28.8 Å². The summed E-state index contributed by atoms with van der Waals surface area (Å²) in [5.41, 5.74) is 2.30. The summed E-state index contributed by atoms with van der Waals surface area (Å²) in [7, 11) is 0. The first-order valence-electron chi connectivity index (χ1n) is 5.91. The lowest BCUT2D eigenvalue weighted by Crippen LogP contribution is -2.40. The molecule has 86 valence electrons. The molecule has 0 saturated carbocycles. The van der Waals surface area contributed by atoms with E-state index in [0.29, 0.717) is 0 Å². The number of hydrogen-bond acceptors (Lipinski definition) is 3. The number of aromatic nitrogens is 1. The zero-order valence-electron chi connectivity index (χ0n) is 9.72. The fraction of sp³-hybridized carbons (Fsp3) is 0.538. The Kier molecular flexibility index (Phi) is 3.67. The number of aldehydes is 1. The predicted octanol–water partition coefficient (Wildman–Crippen LogP) is 1.94. The van der Waals surface area contributed by atoms with Crippen LogP contribution in [-0.2, 0) is 11.3 Å². The molecule has 1 aromatic rings. The van der Waals surface area contributed by atoms with Crippen molar-refractivity contribution in [1.82, 2.24) is 9.88 Å². The molecule has 1 aliphatic heterocycles. The number of likely N-dealkylation sites (tertiary alicyclic amines) is 1. The molecule has 1 atom stereocenters. The SMILES string of the molecule is Cc1cccnc1CN1CCCCC1C=O. The monoisotopic (exact) mass is 218 g/mol. The average Bonchev–Trinajstić information content (AvgIpc) is 2.33. The van der Waals surface area contributed by atoms with Gasteiger partial charge in [0, 0.05) is 12.7 Å². The summed E-state index contributed by atoms with van der Waals surface area (Å²) in [6.45, 7) is 3.89. The minimum atomic E-state index is 0.0927. The maximum Gasteiger partial charge on any atom is 0.137 e. The Morgan fingerprint density at radius 1 is 1.56 bits per heavy atom. The normalized spacial score (nSPS) is 21.9. The summed E-state index contributed by atoms with van der Waals surface area (Å²) >= 11 is 0. The van der Waals surface area contributed by atoms with E-state index in [9.17, 15) is 4.79 Å². The Hall–Kier alpha value is -1.22. The number of carbonyl (C=O) groups is 1. The third kappa shape index (κ3) is 2.47. The van der Waals surface area contributed by atoms with Crippen LogP contribution in [0.15, 0.2) is 18.3 Å². The molecule has 1 saturated heterocycles. The van der Waals surface area contributed by atoms with Crippen LogP contribution in [0.25, 0.3) is 0 Å². The number of piperidine rings is 1. The van der Waals surface area contributed by atoms with Crippen LogP contribution in [0.1, 0.15) is 30.5 Å². The van der Waals surface area contributed by atoms with E-state index in [2.05, 4.69) is 22.9 Å². The van der Waals surface area contributed by atoms with Crippen LogP contribution >= 0.6 is 0 Å². The average molecular weight is 218 g/mol. The van der Waals surface area contributed by atoms with E-state index in [1.165, 1.54) is 18.4 Å². The van der Waals surface area contributed by atoms with Crippen molar-refractivity contribution in [3.63, 3.8) is 0 Å². The van der Waals surface area contributed by atoms with Gasteiger partial charge in [-0.15, -0.1) is 0 Å². The highest BCUT2D eigenvalue weighted by Gasteiger charge is 2.22. The maximum absolute atomic E-state index is 11.0. The largest absolute Gasteiger partial charge is 0.302 e. The van der Waals surface area contributed by atoms with Crippen molar-refractivity contribution in [3.8, 4) is 0 Å². The molecule has 3 nitrogen and oxygen atoms in total. The molecule has 0 radical (unpaired) electrons. The number of aryl methyl sites for hydroxylation is 1. The number of pyridine rings is 1. The minimum absolute atomic E-state index is 0.0927. The summed E-state index contributed by atoms with van der Waals surface area (Å²) in [6, 6.07) is 4.11. The quantitative estimate of drug-likeness (QED) is 0.727. The second kappa shape index (κ2) is 5.21. The Morgan fingerprint density at radius 2 is 2.44 bits per heavy atom. The van der Waals surface area contributed by atoms with Gasteiger partial charge in [-0.05, 0) is 37.9 Å². The third-order valence-electron chi connectivity index (χ3n) is 3.29. The van der Waals surface area contributed by atoms with Gasteiger partial charge >= 0.3 is 0 Å². The Morgan fingerprint density at radius 3 is 3.19 bits per heavy atom. The molecule has 0 aromatic carbocycles. The zero-order chi connectivity index (χ0) is 11.4. The standard InChI is InChI=1S/C13H18N2O/c1-11-5-4-7-14-13(11)9-15-8-3-2-6-12(15)10-16/h4-5,7,10,12H,2-3,6,8-9H2,1H3. The second-order valence-corrected chi connectivity index (χ2v) is 4.44. The molecule has 2 rings (SSSR count). The van der Waals surface area contributed by atoms with E-state index in [4.69, 9.17) is 0 Å². The van der Waals surface area contributed by atoms with E-state index >= 15 is 0 Å². The highest BCUT2D eigenvalue weighted by atomic mass is 16.1. The van der Waals surface area contributed by atoms with Gasteiger partial charge in [-0.3, -0.25) is 9.88 Å². The van der Waals surface area contributed by atoms with Crippen molar-refractivity contribution < 1.29 is 4.79 Å². The molecular formula is C13H18N2O. The predicted molar refractivity (Wildman–Crippen MR) is 63.1 cm³/mol. The maximum atomic E-state index is 11.0. The van der Waals surface area contributed by atoms with Gasteiger partial charge in [0.1, 0.15) is 6.29 Å². The molecular weight excluding hydrogens is 200 g/mol. The molecule has 0 spiro atoms. The minimum Gasteiger partial charge on any atom is -0.302 e. The van der Waals surface area contributed by atoms with Gasteiger partial charge in [0.25, 0.3) is 0 Å². The summed E-state index contributed by atoms with van der Waals surface area (Å²) < 4.78 is 0. The molecule has 1 unspecified atom stereocenters. The molecule has 1 aromatic heterocycles. The lowest BCUT2D eigenvalue weighted by atomic mass is 10.0. The summed E-state index contributed by atoms with van der Waals surface area (Å²) in [5, 5.41) is 0. The van der Waals surface area contributed by atoms with Crippen molar-refractivity contribution in [3.05, 3.63) is 29.6 Å². The number of rotatable bonds is 3. The summed E-state index contributed by atoms with van der Waals surface area (Å²) in [5.74, 6) is 0. The zero-order valence-corrected chi connectivity index (χ0v) is 9.72. The summed E-state index contributed by atoms with van der Waals surface area (Å²) in [4.78, 5) is 17.6. The molecule has 1 fully saturated rings.